The van der Waals surface area contributed by atoms with Gasteiger partial charge in [0.05, 0.1) is 36.7 Å². The van der Waals surface area contributed by atoms with E-state index in [2.05, 4.69) is 15.2 Å². The third-order valence-corrected chi connectivity index (χ3v) is 7.30. The Labute approximate surface area is 240 Å². The summed E-state index contributed by atoms with van der Waals surface area (Å²) in [4.78, 5) is 29.4. The van der Waals surface area contributed by atoms with Gasteiger partial charge in [0.1, 0.15) is 5.78 Å². The van der Waals surface area contributed by atoms with Gasteiger partial charge in [0.25, 0.3) is 5.91 Å². The maximum absolute atomic E-state index is 12.7. The molecule has 4 heterocycles. The van der Waals surface area contributed by atoms with E-state index in [1.165, 1.54) is 0 Å². The summed E-state index contributed by atoms with van der Waals surface area (Å²) in [6.07, 6.45) is -6.91. The molecule has 1 unspecified atom stereocenters. The van der Waals surface area contributed by atoms with Crippen molar-refractivity contribution in [3.05, 3.63) is 60.7 Å². The maximum atomic E-state index is 12.7. The van der Waals surface area contributed by atoms with Crippen molar-refractivity contribution in [2.24, 2.45) is 0 Å². The van der Waals surface area contributed by atoms with Gasteiger partial charge in [-0.25, -0.2) is 9.50 Å². The summed E-state index contributed by atoms with van der Waals surface area (Å²) in [6.45, 7) is 0.109. The lowest BCUT2D eigenvalue weighted by Crippen LogP contribution is -2.49. The Bertz CT molecular complexity index is 1620. The van der Waals surface area contributed by atoms with Crippen LogP contribution in [0.15, 0.2) is 55.1 Å². The third kappa shape index (κ3) is 7.04. The number of benzene rings is 1. The smallest absolute Gasteiger partial charge is 0.376 e. The zero-order valence-corrected chi connectivity index (χ0v) is 22.5. The number of likely N-dealkylation sites (tertiary alicyclic amines) is 1. The quantitative estimate of drug-likeness (QED) is 0.288. The first-order valence-electron chi connectivity index (χ1n) is 13.4. The molecule has 9 nitrogen and oxygen atoms in total. The predicted molar refractivity (Wildman–Crippen MR) is 141 cm³/mol. The summed E-state index contributed by atoms with van der Waals surface area (Å²) in [5.74, 6) is -1.86. The van der Waals surface area contributed by atoms with Gasteiger partial charge in [-0.3, -0.25) is 14.3 Å². The number of imidazole rings is 1. The molecule has 1 saturated heterocycles. The van der Waals surface area contributed by atoms with Gasteiger partial charge in [-0.05, 0) is 30.5 Å². The molecule has 4 aromatic rings. The van der Waals surface area contributed by atoms with Crippen molar-refractivity contribution in [1.82, 2.24) is 29.3 Å². The van der Waals surface area contributed by atoms with Gasteiger partial charge in [-0.1, -0.05) is 18.2 Å². The first kappa shape index (κ1) is 30.2. The van der Waals surface area contributed by atoms with Crippen molar-refractivity contribution in [3.63, 3.8) is 0 Å². The van der Waals surface area contributed by atoms with Gasteiger partial charge in [0.15, 0.2) is 5.65 Å². The van der Waals surface area contributed by atoms with Crippen LogP contribution in [0.25, 0.3) is 28.0 Å². The Hall–Kier alpha value is -4.27. The number of hydrogen-bond acceptors (Lipinski definition) is 6. The van der Waals surface area contributed by atoms with Crippen LogP contribution in [0.2, 0.25) is 0 Å². The van der Waals surface area contributed by atoms with Gasteiger partial charge in [-0.15, -0.1) is 0 Å². The molecule has 5 rings (SSSR count). The number of Topliss-reactive ketones (excluding diaryl/α,β-unsaturated/α-hetero) is 1. The monoisotopic (exact) mass is 608 g/mol. The molecule has 1 aliphatic heterocycles. The van der Waals surface area contributed by atoms with E-state index in [1.807, 2.05) is 0 Å². The lowest BCUT2D eigenvalue weighted by molar-refractivity contribution is -0.211. The molecule has 1 aliphatic rings. The highest BCUT2D eigenvalue weighted by molar-refractivity contribution is 5.82. The number of aromatic nitrogens is 5. The van der Waals surface area contributed by atoms with Crippen LogP contribution in [-0.2, 0) is 16.0 Å². The molecule has 1 fully saturated rings. The van der Waals surface area contributed by atoms with Crippen LogP contribution >= 0.6 is 0 Å². The van der Waals surface area contributed by atoms with Crippen LogP contribution < -0.4 is 0 Å². The van der Waals surface area contributed by atoms with Gasteiger partial charge in [-0.2, -0.15) is 36.5 Å². The Balaban J connectivity index is 1.25. The minimum atomic E-state index is -5.01. The molecule has 43 heavy (non-hydrogen) atoms. The summed E-state index contributed by atoms with van der Waals surface area (Å²) in [5, 5.41) is 18.1. The van der Waals surface area contributed by atoms with E-state index in [4.69, 9.17) is 0 Å². The maximum Gasteiger partial charge on any atom is 0.423 e. The minimum Gasteiger partial charge on any atom is -0.376 e. The van der Waals surface area contributed by atoms with E-state index in [-0.39, 0.29) is 25.6 Å². The Morgan fingerprint density at radius 1 is 0.953 bits per heavy atom. The summed E-state index contributed by atoms with van der Waals surface area (Å²) in [6, 6.07) is 8.54. The van der Waals surface area contributed by atoms with Gasteiger partial charge in [0, 0.05) is 48.8 Å². The number of rotatable bonds is 8. The fourth-order valence-corrected chi connectivity index (χ4v) is 5.02. The number of halogens is 6. The highest BCUT2D eigenvalue weighted by Crippen LogP contribution is 2.29. The molecular formula is C28H26F6N6O3. The van der Waals surface area contributed by atoms with Crippen LogP contribution in [0.4, 0.5) is 26.3 Å². The lowest BCUT2D eigenvalue weighted by atomic mass is 10.0. The fourth-order valence-electron chi connectivity index (χ4n) is 5.02. The molecular weight excluding hydrogens is 582 g/mol. The second-order valence-electron chi connectivity index (χ2n) is 10.4. The van der Waals surface area contributed by atoms with Crippen LogP contribution in [0.5, 0.6) is 0 Å². The Morgan fingerprint density at radius 2 is 1.67 bits per heavy atom. The minimum absolute atomic E-state index is 0.0547. The molecule has 1 amide bonds. The number of aliphatic hydroxyl groups excluding tert-OH is 1. The highest BCUT2D eigenvalue weighted by Gasteiger charge is 2.46. The van der Waals surface area contributed by atoms with Crippen molar-refractivity contribution in [1.29, 1.82) is 0 Å². The molecule has 15 heteroatoms. The second-order valence-corrected chi connectivity index (χ2v) is 10.4. The average Bonchev–Trinajstić information content (AvgIpc) is 3.62. The number of amides is 1. The molecule has 0 radical (unpaired) electrons. The van der Waals surface area contributed by atoms with Crippen LogP contribution in [0, 0.1) is 0 Å². The first-order valence-corrected chi connectivity index (χ1v) is 13.4. The SMILES string of the molecule is O=C(CCC(F)(F)F)Cc1cccc(-c2cnc3cc(-c4cnn(C5CCN(C(=O)C(O)C(F)(F)F)CC5)c4)cnn23)c1. The second kappa shape index (κ2) is 11.8. The van der Waals surface area contributed by atoms with Gasteiger partial charge in [0.2, 0.25) is 6.10 Å². The van der Waals surface area contributed by atoms with Gasteiger partial charge < -0.3 is 10.0 Å². The Morgan fingerprint density at radius 3 is 2.37 bits per heavy atom. The number of hydrogen-bond donors (Lipinski definition) is 1. The molecule has 1 aromatic carbocycles. The third-order valence-electron chi connectivity index (χ3n) is 7.30. The lowest BCUT2D eigenvalue weighted by Gasteiger charge is -2.33. The summed E-state index contributed by atoms with van der Waals surface area (Å²) < 4.78 is 78.7. The molecule has 0 aliphatic carbocycles. The van der Waals surface area contributed by atoms with Crippen molar-refractivity contribution in [3.8, 4) is 22.4 Å². The molecule has 0 spiro atoms. The van der Waals surface area contributed by atoms with E-state index in [9.17, 15) is 41.0 Å². The zero-order valence-electron chi connectivity index (χ0n) is 22.5. The topological polar surface area (TPSA) is 106 Å². The number of nitrogens with zero attached hydrogens (tertiary/aromatic N) is 6. The molecule has 0 saturated carbocycles. The summed E-state index contributed by atoms with van der Waals surface area (Å²) in [7, 11) is 0. The number of aliphatic hydroxyl groups is 1. The van der Waals surface area contributed by atoms with E-state index >= 15 is 0 Å². The van der Waals surface area contributed by atoms with E-state index < -0.39 is 43.0 Å². The highest BCUT2D eigenvalue weighted by atomic mass is 19.4. The molecule has 228 valence electrons. The largest absolute Gasteiger partial charge is 0.423 e. The van der Waals surface area contributed by atoms with E-state index in [1.54, 1.807) is 64.3 Å². The van der Waals surface area contributed by atoms with Crippen molar-refractivity contribution < 1.29 is 41.0 Å². The number of piperidine rings is 1. The Kier molecular flexibility index (Phi) is 8.27. The fraction of sp³-hybridized carbons (Fsp3) is 0.393. The van der Waals surface area contributed by atoms with Crippen LogP contribution in [-0.4, -0.2) is 77.6 Å². The number of alkyl halides is 6. The predicted octanol–water partition coefficient (Wildman–Crippen LogP) is 4.80. The standard InChI is InChI=1S/C28H26F6N6O3/c29-27(30,31)7-4-22(41)11-17-2-1-3-18(10-17)23-15-35-24-12-19(13-37-40(23)24)20-14-36-39(16-20)21-5-8-38(9-6-21)26(43)25(42)28(32,33)34/h1-3,10,12-16,21,25,42H,4-9,11H2. The molecule has 3 aromatic heterocycles. The summed E-state index contributed by atoms with van der Waals surface area (Å²) in [5.41, 5.74) is 3.84. The van der Waals surface area contributed by atoms with Crippen LogP contribution in [0.1, 0.15) is 37.3 Å². The summed E-state index contributed by atoms with van der Waals surface area (Å²) >= 11 is 0. The first-order chi connectivity index (χ1) is 20.3. The number of carbonyl (C=O) groups excluding carboxylic acids is 2. The van der Waals surface area contributed by atoms with E-state index in [0.717, 1.165) is 10.5 Å². The van der Waals surface area contributed by atoms with E-state index in [0.29, 0.717) is 40.9 Å². The van der Waals surface area contributed by atoms with Gasteiger partial charge >= 0.3 is 12.4 Å². The number of fused-ring (bicyclic) bond motifs is 1. The average molecular weight is 609 g/mol. The number of ketones is 1. The number of carbonyl (C=O) groups is 2. The molecule has 1 atom stereocenters. The molecule has 0 bridgehead atoms. The molecule has 1 N–H and O–H groups in total. The van der Waals surface area contributed by atoms with Crippen molar-refractivity contribution in [2.45, 2.75) is 56.6 Å². The van der Waals surface area contributed by atoms with Crippen molar-refractivity contribution >= 4 is 17.3 Å². The van der Waals surface area contributed by atoms with Crippen LogP contribution in [0.3, 0.4) is 0 Å². The zero-order chi connectivity index (χ0) is 30.9. The normalized spacial score (nSPS) is 15.7. The van der Waals surface area contributed by atoms with Crippen molar-refractivity contribution in [2.75, 3.05) is 13.1 Å².